The van der Waals surface area contributed by atoms with Gasteiger partial charge < -0.3 is 24.0 Å². The number of rotatable bonds is 45. The summed E-state index contributed by atoms with van der Waals surface area (Å²) < 4.78 is 17.9. The Labute approximate surface area is 374 Å². The van der Waals surface area contributed by atoms with Gasteiger partial charge in [0.1, 0.15) is 0 Å². The molecule has 0 unspecified atom stereocenters. The third-order valence-electron chi connectivity index (χ3n) is 13.2. The summed E-state index contributed by atoms with van der Waals surface area (Å²) in [5.41, 5.74) is 0. The minimum absolute atomic E-state index is 0.0322. The van der Waals surface area contributed by atoms with Crippen LogP contribution in [0.2, 0.25) is 0 Å². The molecule has 0 aromatic carbocycles. The SMILES string of the molecule is CCCCCC(CCCCC)CC(=O)OCCCCCCCCCC(CCCCCCCCCOC(=O)CC(CCCCC)CCCCC)OCCCN1CCN(C)CC1. The number of piperazine rings is 1. The third kappa shape index (κ3) is 36.3. The van der Waals surface area contributed by atoms with Crippen molar-refractivity contribution in [3.63, 3.8) is 0 Å². The normalized spacial score (nSPS) is 13.9. The molecule has 0 saturated carbocycles. The van der Waals surface area contributed by atoms with E-state index in [4.69, 9.17) is 14.2 Å². The van der Waals surface area contributed by atoms with Crippen LogP contribution in [0.25, 0.3) is 0 Å². The highest BCUT2D eigenvalue weighted by Crippen LogP contribution is 2.24. The number of carbonyl (C=O) groups is 2. The molecule has 1 rings (SSSR count). The molecule has 0 N–H and O–H groups in total. The van der Waals surface area contributed by atoms with E-state index >= 15 is 0 Å². The van der Waals surface area contributed by atoms with Crippen molar-refractivity contribution in [3.8, 4) is 0 Å². The third-order valence-corrected chi connectivity index (χ3v) is 13.2. The van der Waals surface area contributed by atoms with Crippen LogP contribution < -0.4 is 0 Å². The number of esters is 2. The number of carbonyl (C=O) groups excluding carboxylic acids is 2. The standard InChI is InChI=1S/C53H104N2O5/c1-6-10-24-33-49(34-25-11-7-2)47-52(56)59-44-30-22-18-14-16-20-28-37-51(58-46-32-39-55-42-40-54(5)41-43-55)38-29-21-17-15-19-23-31-45-60-53(57)48-50(35-26-12-8-3)36-27-13-9-4/h49-51H,6-48H2,1-5H3. The highest BCUT2D eigenvalue weighted by atomic mass is 16.5. The second kappa shape index (κ2) is 43.1. The van der Waals surface area contributed by atoms with Crippen LogP contribution in [-0.2, 0) is 23.8 Å². The Kier molecular flexibility index (Phi) is 40.8. The Morgan fingerprint density at radius 1 is 0.417 bits per heavy atom. The average Bonchev–Trinajstić information content (AvgIpc) is 3.24. The Hall–Kier alpha value is -1.18. The molecular formula is C53H104N2O5. The summed E-state index contributed by atoms with van der Waals surface area (Å²) in [4.78, 5) is 30.1. The summed E-state index contributed by atoms with van der Waals surface area (Å²) >= 11 is 0. The van der Waals surface area contributed by atoms with Crippen molar-refractivity contribution >= 4 is 11.9 Å². The first-order chi connectivity index (χ1) is 29.4. The first-order valence-corrected chi connectivity index (χ1v) is 26.7. The molecule has 60 heavy (non-hydrogen) atoms. The minimum atomic E-state index is 0.0322. The van der Waals surface area contributed by atoms with Gasteiger partial charge in [0.15, 0.2) is 0 Å². The van der Waals surface area contributed by atoms with E-state index in [2.05, 4.69) is 44.5 Å². The summed E-state index contributed by atoms with van der Waals surface area (Å²) in [5, 5.41) is 0. The van der Waals surface area contributed by atoms with Crippen LogP contribution in [0.3, 0.4) is 0 Å². The molecule has 7 nitrogen and oxygen atoms in total. The van der Waals surface area contributed by atoms with E-state index in [1.807, 2.05) is 0 Å². The zero-order chi connectivity index (χ0) is 43.6. The lowest BCUT2D eigenvalue weighted by atomic mass is 9.92. The topological polar surface area (TPSA) is 68.3 Å². The second-order valence-electron chi connectivity index (χ2n) is 19.1. The smallest absolute Gasteiger partial charge is 0.306 e. The molecule has 7 heteroatoms. The molecule has 0 atom stereocenters. The summed E-state index contributed by atoms with van der Waals surface area (Å²) in [6, 6.07) is 0. The quantitative estimate of drug-likeness (QED) is 0.0446. The predicted octanol–water partition coefficient (Wildman–Crippen LogP) is 14.7. The molecule has 1 heterocycles. The number of likely N-dealkylation sites (N-methyl/N-ethyl adjacent to an activating group) is 1. The van der Waals surface area contributed by atoms with E-state index in [1.54, 1.807) is 0 Å². The maximum absolute atomic E-state index is 12.5. The molecule has 0 bridgehead atoms. The van der Waals surface area contributed by atoms with Crippen LogP contribution in [0, 0.1) is 11.8 Å². The van der Waals surface area contributed by atoms with Gasteiger partial charge in [-0.2, -0.15) is 0 Å². The maximum Gasteiger partial charge on any atom is 0.306 e. The minimum Gasteiger partial charge on any atom is -0.466 e. The zero-order valence-electron chi connectivity index (χ0n) is 41.1. The largest absolute Gasteiger partial charge is 0.466 e. The highest BCUT2D eigenvalue weighted by Gasteiger charge is 2.17. The fraction of sp³-hybridized carbons (Fsp3) is 0.962. The summed E-state index contributed by atoms with van der Waals surface area (Å²) in [6.07, 6.45) is 42.0. The molecule has 1 fully saturated rings. The van der Waals surface area contributed by atoms with E-state index in [1.165, 1.54) is 206 Å². The van der Waals surface area contributed by atoms with Crippen LogP contribution in [0.4, 0.5) is 0 Å². The van der Waals surface area contributed by atoms with Gasteiger partial charge in [0.2, 0.25) is 0 Å². The van der Waals surface area contributed by atoms with Crippen LogP contribution >= 0.6 is 0 Å². The van der Waals surface area contributed by atoms with Gasteiger partial charge in [-0.25, -0.2) is 0 Å². The lowest BCUT2D eigenvalue weighted by molar-refractivity contribution is -0.146. The molecule has 0 spiro atoms. The Bertz CT molecular complexity index is 847. The lowest BCUT2D eigenvalue weighted by Gasteiger charge is -2.32. The molecule has 0 radical (unpaired) electrons. The van der Waals surface area contributed by atoms with Crippen molar-refractivity contribution in [3.05, 3.63) is 0 Å². The van der Waals surface area contributed by atoms with Crippen molar-refractivity contribution in [2.75, 3.05) is 59.6 Å². The van der Waals surface area contributed by atoms with Crippen molar-refractivity contribution < 1.29 is 23.8 Å². The summed E-state index contributed by atoms with van der Waals surface area (Å²) in [5.74, 6) is 1.09. The molecule has 0 aromatic heterocycles. The number of unbranched alkanes of at least 4 members (excludes halogenated alkanes) is 20. The lowest BCUT2D eigenvalue weighted by Crippen LogP contribution is -2.44. The van der Waals surface area contributed by atoms with Crippen LogP contribution in [-0.4, -0.2) is 87.4 Å². The monoisotopic (exact) mass is 849 g/mol. The van der Waals surface area contributed by atoms with Gasteiger partial charge in [0.05, 0.1) is 19.3 Å². The highest BCUT2D eigenvalue weighted by molar-refractivity contribution is 5.70. The van der Waals surface area contributed by atoms with Gasteiger partial charge in [0, 0.05) is 52.2 Å². The van der Waals surface area contributed by atoms with Crippen molar-refractivity contribution in [1.82, 2.24) is 9.80 Å². The molecule has 1 aliphatic heterocycles. The van der Waals surface area contributed by atoms with Crippen LogP contribution in [0.5, 0.6) is 0 Å². The van der Waals surface area contributed by atoms with Crippen molar-refractivity contribution in [2.45, 2.75) is 259 Å². The number of hydrogen-bond acceptors (Lipinski definition) is 7. The van der Waals surface area contributed by atoms with Gasteiger partial charge in [-0.3, -0.25) is 9.59 Å². The molecule has 1 aliphatic rings. The van der Waals surface area contributed by atoms with Crippen LogP contribution in [0.1, 0.15) is 252 Å². The van der Waals surface area contributed by atoms with Gasteiger partial charge in [-0.15, -0.1) is 0 Å². The van der Waals surface area contributed by atoms with E-state index in [0.29, 0.717) is 44.0 Å². The Morgan fingerprint density at radius 2 is 0.767 bits per heavy atom. The van der Waals surface area contributed by atoms with Crippen molar-refractivity contribution in [2.24, 2.45) is 11.8 Å². The van der Waals surface area contributed by atoms with Gasteiger partial charge in [0.25, 0.3) is 0 Å². The summed E-state index contributed by atoms with van der Waals surface area (Å²) in [7, 11) is 2.23. The van der Waals surface area contributed by atoms with Crippen molar-refractivity contribution in [1.29, 1.82) is 0 Å². The van der Waals surface area contributed by atoms with Crippen LogP contribution in [0.15, 0.2) is 0 Å². The Balaban J connectivity index is 2.23. The van der Waals surface area contributed by atoms with Gasteiger partial charge in [-0.1, -0.05) is 182 Å². The van der Waals surface area contributed by atoms with E-state index < -0.39 is 0 Å². The fourth-order valence-electron chi connectivity index (χ4n) is 9.03. The molecular weight excluding hydrogens is 745 g/mol. The molecule has 0 amide bonds. The van der Waals surface area contributed by atoms with Gasteiger partial charge in [-0.05, 0) is 76.7 Å². The van der Waals surface area contributed by atoms with E-state index in [9.17, 15) is 9.59 Å². The van der Waals surface area contributed by atoms with E-state index in [-0.39, 0.29) is 11.9 Å². The predicted molar refractivity (Wildman–Crippen MR) is 257 cm³/mol. The first-order valence-electron chi connectivity index (χ1n) is 26.7. The Morgan fingerprint density at radius 3 is 1.15 bits per heavy atom. The maximum atomic E-state index is 12.5. The number of ether oxygens (including phenoxy) is 3. The number of nitrogens with zero attached hydrogens (tertiary/aromatic N) is 2. The average molecular weight is 849 g/mol. The molecule has 0 aliphatic carbocycles. The second-order valence-corrected chi connectivity index (χ2v) is 19.1. The van der Waals surface area contributed by atoms with Gasteiger partial charge >= 0.3 is 11.9 Å². The van der Waals surface area contributed by atoms with E-state index in [0.717, 1.165) is 45.3 Å². The molecule has 0 aromatic rings. The molecule has 356 valence electrons. The zero-order valence-corrected chi connectivity index (χ0v) is 41.1. The summed E-state index contributed by atoms with van der Waals surface area (Å²) in [6.45, 7) is 17.0. The first kappa shape index (κ1) is 56.8. The molecule has 1 saturated heterocycles. The number of hydrogen-bond donors (Lipinski definition) is 0. The fourth-order valence-corrected chi connectivity index (χ4v) is 9.03.